The number of aromatic amines is 1. The molecular weight excluding hydrogens is 866 g/mol. The molecule has 1 amide bonds. The normalized spacial score (nSPS) is 20.4. The number of fused-ring (bicyclic) bond motifs is 1. The van der Waals surface area contributed by atoms with Crippen molar-refractivity contribution in [2.24, 2.45) is 5.92 Å². The molecule has 0 spiro atoms. The lowest BCUT2D eigenvalue weighted by atomic mass is 9.80. The number of nitrogens with one attached hydrogen (secondary N) is 2. The molecule has 2 aliphatic heterocycles. The molecule has 17 nitrogen and oxygen atoms in total. The number of carbonyl (C=O) groups is 1. The fourth-order valence-corrected chi connectivity index (χ4v) is 10.1. The lowest BCUT2D eigenvalue weighted by Crippen LogP contribution is -2.43. The van der Waals surface area contributed by atoms with Crippen LogP contribution >= 0.6 is 8.53 Å². The summed E-state index contributed by atoms with van der Waals surface area (Å²) in [6.07, 6.45) is -1.32. The molecule has 0 aliphatic carbocycles. The van der Waals surface area contributed by atoms with Gasteiger partial charge in [0, 0.05) is 31.0 Å². The lowest BCUT2D eigenvalue weighted by molar-refractivity contribution is -0.180. The SMILES string of the molecule is COc1ccc(C(OC[C@H]2O[C@@H](n3cnc4c(=O)[nH]c(NC(=O)C(C)C)nc43)[C@H](OC3CCCO3)[C@@H]2OP(OCCC#N)N(C(C)C)C(C)C)(c2ccccc2)c2ccc(OC)cc2)cc1. The van der Waals surface area contributed by atoms with Crippen LogP contribution in [-0.4, -0.2) is 101 Å². The number of ether oxygens (including phenoxy) is 6. The van der Waals surface area contributed by atoms with E-state index in [1.807, 2.05) is 78.9 Å². The first-order valence-corrected chi connectivity index (χ1v) is 23.4. The third-order valence-corrected chi connectivity index (χ3v) is 13.6. The van der Waals surface area contributed by atoms with Gasteiger partial charge in [0.2, 0.25) is 11.9 Å². The number of nitriles is 1. The van der Waals surface area contributed by atoms with Gasteiger partial charge in [0.05, 0.1) is 46.3 Å². The lowest BCUT2D eigenvalue weighted by Gasteiger charge is -2.39. The van der Waals surface area contributed by atoms with Gasteiger partial charge in [0.1, 0.15) is 35.4 Å². The monoisotopic (exact) mass is 925 g/mol. The van der Waals surface area contributed by atoms with Crippen LogP contribution in [0.3, 0.4) is 0 Å². The Balaban J connectivity index is 1.39. The van der Waals surface area contributed by atoms with Gasteiger partial charge in [-0.3, -0.25) is 24.5 Å². The Morgan fingerprint density at radius 1 is 0.955 bits per heavy atom. The number of hydrogen-bond acceptors (Lipinski definition) is 14. The molecule has 4 heterocycles. The first-order valence-electron chi connectivity index (χ1n) is 22.3. The minimum atomic E-state index is -1.86. The highest BCUT2D eigenvalue weighted by molar-refractivity contribution is 7.44. The summed E-state index contributed by atoms with van der Waals surface area (Å²) in [5.41, 5.74) is 0.866. The van der Waals surface area contributed by atoms with Gasteiger partial charge in [-0.1, -0.05) is 68.4 Å². The standard InChI is InChI=1S/C48H60N7O10P/c1-30(2)44(56)52-47-51-43-40(45(57)53-47)50-29-54(43)46-42(64-39-16-12-26-60-39)41(65-66(62-27-13-25-49)55(31(3)4)32(5)6)38(63-46)28-61-48(33-14-10-9-11-15-33,34-17-21-36(58-7)22-18-34)35-19-23-37(59-8)24-20-35/h9-11,14-15,17-24,29-32,38-39,41-42,46H,12-13,16,26-28H2,1-8H3,(H2,51,52,53,56,57)/t38-,39?,41-,42-,46-,66?/m1/s1. The zero-order valence-electron chi connectivity index (χ0n) is 38.7. The number of anilines is 1. The van der Waals surface area contributed by atoms with Crippen LogP contribution in [0, 0.1) is 17.2 Å². The molecule has 0 radical (unpaired) electrons. The van der Waals surface area contributed by atoms with E-state index in [0.29, 0.717) is 24.5 Å². The molecule has 2 aliphatic rings. The first kappa shape index (κ1) is 48.6. The quantitative estimate of drug-likeness (QED) is 0.0411. The molecule has 2 aromatic heterocycles. The number of amides is 1. The molecule has 18 heteroatoms. The molecule has 3 aromatic carbocycles. The number of hydrogen-bond donors (Lipinski definition) is 2. The van der Waals surface area contributed by atoms with E-state index in [4.69, 9.17) is 42.5 Å². The topological polar surface area (TPSA) is 194 Å². The minimum absolute atomic E-state index is 0.0209. The number of benzene rings is 3. The molecule has 6 atom stereocenters. The van der Waals surface area contributed by atoms with Crippen molar-refractivity contribution in [1.29, 1.82) is 5.26 Å². The zero-order valence-corrected chi connectivity index (χ0v) is 39.6. The second-order valence-electron chi connectivity index (χ2n) is 16.9. The predicted octanol–water partition coefficient (Wildman–Crippen LogP) is 7.82. The van der Waals surface area contributed by atoms with E-state index < -0.39 is 50.5 Å². The van der Waals surface area contributed by atoms with Crippen LogP contribution in [0.5, 0.6) is 11.5 Å². The van der Waals surface area contributed by atoms with E-state index in [0.717, 1.165) is 23.1 Å². The minimum Gasteiger partial charge on any atom is -0.497 e. The summed E-state index contributed by atoms with van der Waals surface area (Å²) in [5.74, 6) is 0.609. The van der Waals surface area contributed by atoms with E-state index >= 15 is 0 Å². The average molecular weight is 926 g/mol. The summed E-state index contributed by atoms with van der Waals surface area (Å²) in [6.45, 7) is 12.3. The third-order valence-electron chi connectivity index (χ3n) is 11.5. The van der Waals surface area contributed by atoms with E-state index in [1.165, 1.54) is 6.33 Å². The number of rotatable bonds is 21. The van der Waals surface area contributed by atoms with Gasteiger partial charge in [0.25, 0.3) is 14.1 Å². The Hall–Kier alpha value is -5.28. The molecule has 7 rings (SSSR count). The van der Waals surface area contributed by atoms with Crippen LogP contribution in [-0.2, 0) is 38.4 Å². The molecular formula is C48H60N7O10P. The number of aromatic nitrogens is 4. The number of methoxy groups -OCH3 is 2. The Labute approximate surface area is 386 Å². The van der Waals surface area contributed by atoms with Crippen molar-refractivity contribution in [3.05, 3.63) is 112 Å². The van der Waals surface area contributed by atoms with Gasteiger partial charge in [-0.05, 0) is 75.1 Å². The highest BCUT2D eigenvalue weighted by Gasteiger charge is 2.53. The van der Waals surface area contributed by atoms with Crippen molar-refractivity contribution >= 4 is 31.5 Å². The summed E-state index contributed by atoms with van der Waals surface area (Å²) in [6, 6.07) is 27.6. The Kier molecular flexibility index (Phi) is 16.2. The molecule has 2 unspecified atom stereocenters. The van der Waals surface area contributed by atoms with Gasteiger partial charge < -0.3 is 37.5 Å². The molecule has 0 saturated carbocycles. The Bertz CT molecular complexity index is 2400. The van der Waals surface area contributed by atoms with Gasteiger partial charge in [-0.15, -0.1) is 0 Å². The smallest absolute Gasteiger partial charge is 0.280 e. The third kappa shape index (κ3) is 10.6. The number of carbonyl (C=O) groups excluding carboxylic acids is 1. The van der Waals surface area contributed by atoms with Crippen LogP contribution in [0.1, 0.15) is 83.7 Å². The van der Waals surface area contributed by atoms with Crippen LogP contribution in [0.2, 0.25) is 0 Å². The molecule has 352 valence electrons. The van der Waals surface area contributed by atoms with Crippen LogP contribution in [0.15, 0.2) is 90.0 Å². The van der Waals surface area contributed by atoms with E-state index in [-0.39, 0.29) is 60.7 Å². The summed E-state index contributed by atoms with van der Waals surface area (Å²) >= 11 is 0. The second kappa shape index (κ2) is 22.0. The number of nitrogens with zero attached hydrogens (tertiary/aromatic N) is 5. The Morgan fingerprint density at radius 3 is 2.15 bits per heavy atom. The van der Waals surface area contributed by atoms with E-state index in [1.54, 1.807) is 32.6 Å². The molecule has 5 aromatic rings. The maximum atomic E-state index is 13.5. The van der Waals surface area contributed by atoms with Crippen molar-refractivity contribution in [3.63, 3.8) is 0 Å². The number of imidazole rings is 1. The fourth-order valence-electron chi connectivity index (χ4n) is 8.28. The molecule has 0 bridgehead atoms. The van der Waals surface area contributed by atoms with Crippen LogP contribution in [0.4, 0.5) is 5.95 Å². The molecule has 66 heavy (non-hydrogen) atoms. The van der Waals surface area contributed by atoms with Crippen molar-refractivity contribution in [3.8, 4) is 17.6 Å². The highest BCUT2D eigenvalue weighted by atomic mass is 31.2. The zero-order chi connectivity index (χ0) is 47.0. The van der Waals surface area contributed by atoms with Crippen LogP contribution in [0.25, 0.3) is 11.2 Å². The average Bonchev–Trinajstić information content (AvgIpc) is 4.07. The summed E-state index contributed by atoms with van der Waals surface area (Å²) in [5, 5.41) is 12.3. The number of H-pyrrole nitrogens is 1. The predicted molar refractivity (Wildman–Crippen MR) is 248 cm³/mol. The van der Waals surface area contributed by atoms with Crippen molar-refractivity contribution in [2.45, 2.75) is 109 Å². The van der Waals surface area contributed by atoms with E-state index in [2.05, 4.69) is 53.7 Å². The highest BCUT2D eigenvalue weighted by Crippen LogP contribution is 2.52. The van der Waals surface area contributed by atoms with Gasteiger partial charge in [0.15, 0.2) is 23.7 Å². The molecule has 2 N–H and O–H groups in total. The van der Waals surface area contributed by atoms with Crippen molar-refractivity contribution < 1.29 is 42.3 Å². The second-order valence-corrected chi connectivity index (χ2v) is 18.3. The van der Waals surface area contributed by atoms with Gasteiger partial charge >= 0.3 is 0 Å². The summed E-state index contributed by atoms with van der Waals surface area (Å²) in [4.78, 5) is 38.1. The summed E-state index contributed by atoms with van der Waals surface area (Å²) < 4.78 is 56.3. The molecule has 2 saturated heterocycles. The maximum absolute atomic E-state index is 13.5. The van der Waals surface area contributed by atoms with Gasteiger partial charge in [-0.25, -0.2) is 9.65 Å². The largest absolute Gasteiger partial charge is 0.497 e. The Morgan fingerprint density at radius 2 is 1.59 bits per heavy atom. The summed E-state index contributed by atoms with van der Waals surface area (Å²) in [7, 11) is 1.39. The van der Waals surface area contributed by atoms with Crippen molar-refractivity contribution in [1.82, 2.24) is 24.2 Å². The maximum Gasteiger partial charge on any atom is 0.280 e. The fraction of sp³-hybridized carbons (Fsp3) is 0.479. The van der Waals surface area contributed by atoms with E-state index in [9.17, 15) is 14.9 Å². The van der Waals surface area contributed by atoms with Crippen LogP contribution < -0.4 is 20.3 Å². The first-order chi connectivity index (χ1) is 31.9. The van der Waals surface area contributed by atoms with Crippen molar-refractivity contribution in [2.75, 3.05) is 39.4 Å². The molecule has 2 fully saturated rings. The van der Waals surface area contributed by atoms with Gasteiger partial charge in [-0.2, -0.15) is 10.2 Å².